The number of thioether (sulfide) groups is 1. The van der Waals surface area contributed by atoms with E-state index < -0.39 is 4.75 Å². The van der Waals surface area contributed by atoms with Gasteiger partial charge in [0.05, 0.1) is 17.3 Å². The van der Waals surface area contributed by atoms with Crippen LogP contribution in [0.1, 0.15) is 19.4 Å². The predicted octanol–water partition coefficient (Wildman–Crippen LogP) is 3.41. The van der Waals surface area contributed by atoms with Crippen molar-refractivity contribution in [2.24, 2.45) is 0 Å². The fourth-order valence-corrected chi connectivity index (χ4v) is 3.94. The normalized spacial score (nSPS) is 19.1. The molecule has 1 N–H and O–H groups in total. The molecule has 0 aromatic heterocycles. The highest BCUT2D eigenvalue weighted by molar-refractivity contribution is 8.02. The van der Waals surface area contributed by atoms with Crippen molar-refractivity contribution in [1.29, 1.82) is 5.26 Å². The van der Waals surface area contributed by atoms with Gasteiger partial charge in [0.25, 0.3) is 5.91 Å². The van der Waals surface area contributed by atoms with E-state index in [9.17, 15) is 9.59 Å². The maximum Gasteiger partial charge on any atom is 0.252 e. The van der Waals surface area contributed by atoms with Crippen LogP contribution < -0.4 is 10.2 Å². The minimum atomic E-state index is -1.25. The Kier molecular flexibility index (Phi) is 4.51. The number of nitrogens with one attached hydrogen (secondary N) is 1. The van der Waals surface area contributed by atoms with Crippen LogP contribution >= 0.6 is 11.8 Å². The van der Waals surface area contributed by atoms with Crippen LogP contribution in [-0.2, 0) is 9.59 Å². The zero-order chi connectivity index (χ0) is 18.0. The quantitative estimate of drug-likeness (QED) is 0.860. The summed E-state index contributed by atoms with van der Waals surface area (Å²) in [6, 6.07) is 16.2. The fraction of sp³-hybridized carbons (Fsp3) is 0.211. The molecule has 1 aliphatic heterocycles. The summed E-state index contributed by atoms with van der Waals surface area (Å²) >= 11 is 1.27. The first kappa shape index (κ1) is 17.1. The highest BCUT2D eigenvalue weighted by atomic mass is 32.2. The first-order valence-electron chi connectivity index (χ1n) is 7.91. The minimum Gasteiger partial charge on any atom is -0.324 e. The number of hydrogen-bond donors (Lipinski definition) is 1. The third-order valence-electron chi connectivity index (χ3n) is 4.14. The van der Waals surface area contributed by atoms with E-state index in [1.165, 1.54) is 11.8 Å². The lowest BCUT2D eigenvalue weighted by Crippen LogP contribution is -2.54. The van der Waals surface area contributed by atoms with Gasteiger partial charge in [-0.1, -0.05) is 23.9 Å². The van der Waals surface area contributed by atoms with E-state index in [0.717, 1.165) is 10.6 Å². The number of amides is 2. The van der Waals surface area contributed by atoms with E-state index in [2.05, 4.69) is 5.32 Å². The lowest BCUT2D eigenvalue weighted by Gasteiger charge is -2.38. The molecule has 2 amide bonds. The van der Waals surface area contributed by atoms with Crippen LogP contribution in [0, 0.1) is 11.3 Å². The van der Waals surface area contributed by atoms with E-state index in [-0.39, 0.29) is 11.8 Å². The second-order valence-electron chi connectivity index (χ2n) is 5.80. The van der Waals surface area contributed by atoms with E-state index in [0.29, 0.717) is 17.8 Å². The lowest BCUT2D eigenvalue weighted by molar-refractivity contribution is -0.128. The minimum absolute atomic E-state index is 0.232. The van der Waals surface area contributed by atoms with Crippen molar-refractivity contribution in [3.05, 3.63) is 54.1 Å². The standard InChI is InChI=1S/C19H17N3O2S/c1-3-22-15-6-4-5-7-16(15)25-19(2,18(22)24)17(23)21-14-10-8-13(12-20)9-11-14/h4-11H,3H2,1-2H3,(H,21,23). The molecule has 126 valence electrons. The molecule has 0 saturated heterocycles. The second-order valence-corrected chi connectivity index (χ2v) is 7.26. The first-order chi connectivity index (χ1) is 12.0. The van der Waals surface area contributed by atoms with Crippen molar-refractivity contribution in [2.75, 3.05) is 16.8 Å². The van der Waals surface area contributed by atoms with Crippen molar-refractivity contribution >= 4 is 35.0 Å². The Labute approximate surface area is 150 Å². The molecule has 1 atom stereocenters. The number of fused-ring (bicyclic) bond motifs is 1. The van der Waals surface area contributed by atoms with Crippen molar-refractivity contribution in [1.82, 2.24) is 0 Å². The van der Waals surface area contributed by atoms with Crippen molar-refractivity contribution in [3.63, 3.8) is 0 Å². The average Bonchev–Trinajstić information content (AvgIpc) is 2.63. The van der Waals surface area contributed by atoms with Crippen LogP contribution in [0.15, 0.2) is 53.4 Å². The molecule has 6 heteroatoms. The number of rotatable bonds is 3. The topological polar surface area (TPSA) is 73.2 Å². The third-order valence-corrected chi connectivity index (χ3v) is 5.48. The lowest BCUT2D eigenvalue weighted by atomic mass is 10.1. The zero-order valence-electron chi connectivity index (χ0n) is 13.9. The average molecular weight is 351 g/mol. The monoisotopic (exact) mass is 351 g/mol. The summed E-state index contributed by atoms with van der Waals surface area (Å²) in [5, 5.41) is 11.6. The maximum atomic E-state index is 13.0. The van der Waals surface area contributed by atoms with Gasteiger partial charge in [0, 0.05) is 17.1 Å². The third kappa shape index (κ3) is 2.99. The van der Waals surface area contributed by atoms with E-state index in [4.69, 9.17) is 5.26 Å². The first-order valence-corrected chi connectivity index (χ1v) is 8.73. The van der Waals surface area contributed by atoms with Crippen molar-refractivity contribution < 1.29 is 9.59 Å². The SMILES string of the molecule is CCN1C(=O)C(C)(C(=O)Nc2ccc(C#N)cc2)Sc2ccccc21. The van der Waals surface area contributed by atoms with Gasteiger partial charge in [-0.2, -0.15) is 5.26 Å². The van der Waals surface area contributed by atoms with E-state index in [1.54, 1.807) is 36.1 Å². The van der Waals surface area contributed by atoms with Crippen LogP contribution in [0.5, 0.6) is 0 Å². The molecule has 5 nitrogen and oxygen atoms in total. The molecule has 1 unspecified atom stereocenters. The van der Waals surface area contributed by atoms with Gasteiger partial charge >= 0.3 is 0 Å². The summed E-state index contributed by atoms with van der Waals surface area (Å²) in [4.78, 5) is 28.4. The summed E-state index contributed by atoms with van der Waals surface area (Å²) in [6.07, 6.45) is 0. The Hall–Kier alpha value is -2.78. The molecule has 2 aromatic carbocycles. The smallest absolute Gasteiger partial charge is 0.252 e. The second kappa shape index (κ2) is 6.61. The van der Waals surface area contributed by atoms with Crippen molar-refractivity contribution in [3.8, 4) is 6.07 Å². The Morgan fingerprint density at radius 3 is 2.56 bits per heavy atom. The van der Waals surface area contributed by atoms with Gasteiger partial charge in [-0.3, -0.25) is 9.59 Å². The molecule has 0 fully saturated rings. The highest BCUT2D eigenvalue weighted by Gasteiger charge is 2.48. The van der Waals surface area contributed by atoms with Gasteiger partial charge in [0.15, 0.2) is 4.75 Å². The number of anilines is 2. The van der Waals surface area contributed by atoms with Crippen molar-refractivity contribution in [2.45, 2.75) is 23.5 Å². The molecule has 0 saturated carbocycles. The van der Waals surface area contributed by atoms with Gasteiger partial charge < -0.3 is 10.2 Å². The molecular formula is C19H17N3O2S. The molecule has 0 spiro atoms. The van der Waals surface area contributed by atoms with Crippen LogP contribution in [0.2, 0.25) is 0 Å². The van der Waals surface area contributed by atoms with Gasteiger partial charge in [0.2, 0.25) is 5.91 Å². The van der Waals surface area contributed by atoms with Crippen LogP contribution in [0.4, 0.5) is 11.4 Å². The summed E-state index contributed by atoms with van der Waals surface area (Å²) in [6.45, 7) is 4.04. The zero-order valence-corrected chi connectivity index (χ0v) is 14.8. The summed E-state index contributed by atoms with van der Waals surface area (Å²) in [5.74, 6) is -0.606. The number of nitrogens with zero attached hydrogens (tertiary/aromatic N) is 2. The number of nitriles is 1. The van der Waals surface area contributed by atoms with Gasteiger partial charge in [-0.05, 0) is 50.2 Å². The Morgan fingerprint density at radius 1 is 1.24 bits per heavy atom. The molecule has 0 aliphatic carbocycles. The maximum absolute atomic E-state index is 13.0. The molecular weight excluding hydrogens is 334 g/mol. The molecule has 0 bridgehead atoms. The summed E-state index contributed by atoms with van der Waals surface area (Å²) in [7, 11) is 0. The summed E-state index contributed by atoms with van der Waals surface area (Å²) < 4.78 is -1.25. The predicted molar refractivity (Wildman–Crippen MR) is 98.5 cm³/mol. The molecule has 0 radical (unpaired) electrons. The van der Waals surface area contributed by atoms with Gasteiger partial charge in [-0.25, -0.2) is 0 Å². The van der Waals surface area contributed by atoms with Crippen LogP contribution in [0.25, 0.3) is 0 Å². The van der Waals surface area contributed by atoms with Crippen LogP contribution in [0.3, 0.4) is 0 Å². The number of benzene rings is 2. The van der Waals surface area contributed by atoms with Gasteiger partial charge in [0.1, 0.15) is 0 Å². The fourth-order valence-electron chi connectivity index (χ4n) is 2.73. The molecule has 1 heterocycles. The highest BCUT2D eigenvalue weighted by Crippen LogP contribution is 2.45. The Balaban J connectivity index is 1.90. The number of carbonyl (C=O) groups is 2. The van der Waals surface area contributed by atoms with E-state index >= 15 is 0 Å². The Bertz CT molecular complexity index is 873. The summed E-state index contributed by atoms with van der Waals surface area (Å²) in [5.41, 5.74) is 1.91. The Morgan fingerprint density at radius 2 is 1.92 bits per heavy atom. The number of carbonyl (C=O) groups excluding carboxylic acids is 2. The molecule has 2 aromatic rings. The molecule has 1 aliphatic rings. The largest absolute Gasteiger partial charge is 0.324 e. The molecule has 25 heavy (non-hydrogen) atoms. The molecule has 3 rings (SSSR count). The van der Waals surface area contributed by atoms with E-state index in [1.807, 2.05) is 37.3 Å². The van der Waals surface area contributed by atoms with Gasteiger partial charge in [-0.15, -0.1) is 0 Å². The van der Waals surface area contributed by atoms with Crippen LogP contribution in [-0.4, -0.2) is 23.1 Å². The number of hydrogen-bond acceptors (Lipinski definition) is 4. The number of para-hydroxylation sites is 1.